The summed E-state index contributed by atoms with van der Waals surface area (Å²) >= 11 is 3.43. The van der Waals surface area contributed by atoms with Crippen molar-refractivity contribution in [3.05, 3.63) is 63.2 Å². The summed E-state index contributed by atoms with van der Waals surface area (Å²) in [6.07, 6.45) is 5.29. The third kappa shape index (κ3) is 4.38. The summed E-state index contributed by atoms with van der Waals surface area (Å²) in [6.45, 7) is 4.23. The van der Waals surface area contributed by atoms with Gasteiger partial charge in [-0.3, -0.25) is 14.3 Å². The van der Waals surface area contributed by atoms with Gasteiger partial charge in [-0.1, -0.05) is 12.1 Å². The van der Waals surface area contributed by atoms with Gasteiger partial charge in [-0.15, -0.1) is 0 Å². The number of aromatic amines is 1. The molecule has 0 atom stereocenters. The molecule has 1 aromatic carbocycles. The van der Waals surface area contributed by atoms with E-state index in [1.54, 1.807) is 0 Å². The van der Waals surface area contributed by atoms with Gasteiger partial charge >= 0.3 is 5.69 Å². The normalized spacial score (nSPS) is 19.0. The minimum Gasteiger partial charge on any atom is -0.342 e. The number of pyridine rings is 1. The van der Waals surface area contributed by atoms with E-state index < -0.39 is 0 Å². The molecule has 0 bridgehead atoms. The van der Waals surface area contributed by atoms with Crippen molar-refractivity contribution in [3.63, 3.8) is 0 Å². The molecule has 5 rings (SSSR count). The van der Waals surface area contributed by atoms with Gasteiger partial charge in [0.15, 0.2) is 0 Å². The minimum absolute atomic E-state index is 0.0513. The summed E-state index contributed by atoms with van der Waals surface area (Å²) in [6, 6.07) is 12.1. The summed E-state index contributed by atoms with van der Waals surface area (Å²) in [5, 5.41) is 0. The number of benzene rings is 1. The van der Waals surface area contributed by atoms with Gasteiger partial charge in [0.25, 0.3) is 0 Å². The third-order valence-corrected chi connectivity index (χ3v) is 7.33. The van der Waals surface area contributed by atoms with Gasteiger partial charge in [-0.2, -0.15) is 0 Å². The largest absolute Gasteiger partial charge is 0.342 e. The summed E-state index contributed by atoms with van der Waals surface area (Å²) in [7, 11) is 0. The standard InChI is InChI=1S/C24H28BrN5O2/c25-22-15-17(5-10-26-22)16-28-11-6-18(7-12-28)23(31)29-13-8-19(9-14-29)30-21-4-2-1-3-20(21)27-24(30)32/h1-5,10,15,18-19H,6-9,11-14,16H2,(H,27,32). The second-order valence-electron chi connectivity index (χ2n) is 8.91. The third-order valence-electron chi connectivity index (χ3n) is 6.90. The first-order valence-corrected chi connectivity index (χ1v) is 12.2. The highest BCUT2D eigenvalue weighted by molar-refractivity contribution is 9.10. The first-order valence-electron chi connectivity index (χ1n) is 11.4. The molecule has 8 heteroatoms. The first kappa shape index (κ1) is 21.4. The zero-order valence-electron chi connectivity index (χ0n) is 18.0. The molecule has 1 amide bonds. The highest BCUT2D eigenvalue weighted by Gasteiger charge is 2.32. The molecule has 2 saturated heterocycles. The maximum absolute atomic E-state index is 13.2. The molecule has 0 saturated carbocycles. The van der Waals surface area contributed by atoms with Gasteiger partial charge in [0.1, 0.15) is 4.60 Å². The van der Waals surface area contributed by atoms with E-state index in [9.17, 15) is 9.59 Å². The van der Waals surface area contributed by atoms with E-state index in [4.69, 9.17) is 0 Å². The number of nitrogens with zero attached hydrogens (tertiary/aromatic N) is 4. The maximum atomic E-state index is 13.2. The van der Waals surface area contributed by atoms with Crippen molar-refractivity contribution < 1.29 is 4.79 Å². The Balaban J connectivity index is 1.15. The maximum Gasteiger partial charge on any atom is 0.326 e. The fourth-order valence-corrected chi connectivity index (χ4v) is 5.59. The number of imidazole rings is 1. The van der Waals surface area contributed by atoms with E-state index in [0.717, 1.165) is 74.0 Å². The zero-order chi connectivity index (χ0) is 22.1. The smallest absolute Gasteiger partial charge is 0.326 e. The summed E-state index contributed by atoms with van der Waals surface area (Å²) in [5.74, 6) is 0.406. The summed E-state index contributed by atoms with van der Waals surface area (Å²) in [4.78, 5) is 37.2. The number of carbonyl (C=O) groups excluding carboxylic acids is 1. The SMILES string of the molecule is O=C(C1CCN(Cc2ccnc(Br)c2)CC1)N1CCC(n2c(=O)[nH]c3ccccc32)CC1. The molecule has 4 heterocycles. The molecule has 1 N–H and O–H groups in total. The van der Waals surface area contributed by atoms with Gasteiger partial charge in [0.05, 0.1) is 11.0 Å². The van der Waals surface area contributed by atoms with Crippen LogP contribution in [0.3, 0.4) is 0 Å². The second-order valence-corrected chi connectivity index (χ2v) is 9.72. The Morgan fingerprint density at radius 2 is 1.81 bits per heavy atom. The van der Waals surface area contributed by atoms with Gasteiger partial charge < -0.3 is 9.88 Å². The van der Waals surface area contributed by atoms with E-state index in [2.05, 4.69) is 36.9 Å². The predicted molar refractivity (Wildman–Crippen MR) is 127 cm³/mol. The summed E-state index contributed by atoms with van der Waals surface area (Å²) < 4.78 is 2.74. The van der Waals surface area contributed by atoms with E-state index in [-0.39, 0.29) is 17.6 Å². The van der Waals surface area contributed by atoms with Crippen LogP contribution >= 0.6 is 15.9 Å². The number of hydrogen-bond donors (Lipinski definition) is 1. The summed E-state index contributed by atoms with van der Waals surface area (Å²) in [5.41, 5.74) is 3.02. The Morgan fingerprint density at radius 3 is 2.56 bits per heavy atom. The number of likely N-dealkylation sites (tertiary alicyclic amines) is 2. The Hall–Kier alpha value is -2.45. The molecule has 2 aromatic heterocycles. The van der Waals surface area contributed by atoms with Crippen LogP contribution in [0.4, 0.5) is 0 Å². The van der Waals surface area contributed by atoms with E-state index in [1.807, 2.05) is 46.0 Å². The lowest BCUT2D eigenvalue weighted by Crippen LogP contribution is -2.46. The topological polar surface area (TPSA) is 74.2 Å². The van der Waals surface area contributed by atoms with E-state index >= 15 is 0 Å². The molecule has 32 heavy (non-hydrogen) atoms. The van der Waals surface area contributed by atoms with Crippen LogP contribution < -0.4 is 5.69 Å². The van der Waals surface area contributed by atoms with Crippen LogP contribution in [0.1, 0.15) is 37.3 Å². The van der Waals surface area contributed by atoms with E-state index in [1.165, 1.54) is 5.56 Å². The molecule has 0 radical (unpaired) electrons. The number of carbonyl (C=O) groups is 1. The Bertz CT molecular complexity index is 1160. The van der Waals surface area contributed by atoms with Crippen LogP contribution in [0, 0.1) is 5.92 Å². The average Bonchev–Trinajstić information content (AvgIpc) is 3.15. The molecule has 3 aromatic rings. The van der Waals surface area contributed by atoms with Crippen molar-refractivity contribution in [1.82, 2.24) is 24.3 Å². The lowest BCUT2D eigenvalue weighted by molar-refractivity contribution is -0.138. The van der Waals surface area contributed by atoms with Gasteiger partial charge in [-0.25, -0.2) is 9.78 Å². The molecule has 0 spiro atoms. The van der Waals surface area contributed by atoms with Crippen molar-refractivity contribution in [2.75, 3.05) is 26.2 Å². The fraction of sp³-hybridized carbons (Fsp3) is 0.458. The first-order chi connectivity index (χ1) is 15.6. The Morgan fingerprint density at radius 1 is 1.06 bits per heavy atom. The number of nitrogens with one attached hydrogen (secondary N) is 1. The number of fused-ring (bicyclic) bond motifs is 1. The monoisotopic (exact) mass is 497 g/mol. The quantitative estimate of drug-likeness (QED) is 0.559. The molecular weight excluding hydrogens is 470 g/mol. The fourth-order valence-electron chi connectivity index (χ4n) is 5.18. The van der Waals surface area contributed by atoms with Crippen molar-refractivity contribution in [3.8, 4) is 0 Å². The number of aromatic nitrogens is 3. The lowest BCUT2D eigenvalue weighted by atomic mass is 9.93. The molecule has 0 aliphatic carbocycles. The van der Waals surface area contributed by atoms with Gasteiger partial charge in [-0.05, 0) is 84.5 Å². The number of rotatable bonds is 4. The number of para-hydroxylation sites is 2. The van der Waals surface area contributed by atoms with Gasteiger partial charge in [0.2, 0.25) is 5.91 Å². The Labute approximate surface area is 195 Å². The van der Waals surface area contributed by atoms with Gasteiger partial charge in [0, 0.05) is 37.8 Å². The minimum atomic E-state index is -0.0513. The number of hydrogen-bond acceptors (Lipinski definition) is 4. The van der Waals surface area contributed by atoms with Crippen molar-refractivity contribution in [2.24, 2.45) is 5.92 Å². The number of piperidine rings is 2. The van der Waals surface area contributed by atoms with Crippen molar-refractivity contribution in [2.45, 2.75) is 38.3 Å². The molecule has 7 nitrogen and oxygen atoms in total. The second kappa shape index (κ2) is 9.19. The van der Waals surface area contributed by atoms with E-state index in [0.29, 0.717) is 5.91 Å². The zero-order valence-corrected chi connectivity index (χ0v) is 19.6. The van der Waals surface area contributed by atoms with Crippen LogP contribution in [-0.2, 0) is 11.3 Å². The van der Waals surface area contributed by atoms with Crippen LogP contribution in [0.15, 0.2) is 52.0 Å². The predicted octanol–water partition coefficient (Wildman–Crippen LogP) is 3.56. The van der Waals surface area contributed by atoms with Crippen molar-refractivity contribution in [1.29, 1.82) is 0 Å². The van der Waals surface area contributed by atoms with Crippen LogP contribution in [0.5, 0.6) is 0 Å². The Kier molecular flexibility index (Phi) is 6.15. The van der Waals surface area contributed by atoms with Crippen LogP contribution in [-0.4, -0.2) is 56.4 Å². The highest BCUT2D eigenvalue weighted by atomic mass is 79.9. The van der Waals surface area contributed by atoms with Crippen LogP contribution in [0.25, 0.3) is 11.0 Å². The molecule has 0 unspecified atom stereocenters. The molecule has 2 aliphatic heterocycles. The molecular formula is C24H28BrN5O2. The highest BCUT2D eigenvalue weighted by Crippen LogP contribution is 2.28. The number of amides is 1. The van der Waals surface area contributed by atoms with Crippen molar-refractivity contribution >= 4 is 32.9 Å². The lowest BCUT2D eigenvalue weighted by Gasteiger charge is -2.37. The molecule has 2 aliphatic rings. The van der Waals surface area contributed by atoms with Crippen LogP contribution in [0.2, 0.25) is 0 Å². The number of H-pyrrole nitrogens is 1. The number of halogens is 1. The molecule has 168 valence electrons. The molecule has 2 fully saturated rings. The average molecular weight is 498 g/mol.